The molecule has 0 radical (unpaired) electrons. The topological polar surface area (TPSA) is 50.9 Å². The van der Waals surface area contributed by atoms with Crippen molar-refractivity contribution in [3.05, 3.63) is 130 Å². The van der Waals surface area contributed by atoms with Gasteiger partial charge in [-0.05, 0) is 43.3 Å². The fourth-order valence-corrected chi connectivity index (χ4v) is 3.28. The SMILES string of the molecule is CC(=O)c1cccc(Br)c1.II.O=C(C[n+]1ccccc1)c1cccc(Br)c1.[I-].c1ccncc1. The Morgan fingerprint density at radius 3 is 1.66 bits per heavy atom. The van der Waals surface area contributed by atoms with Crippen molar-refractivity contribution in [1.29, 1.82) is 0 Å². The van der Waals surface area contributed by atoms with Gasteiger partial charge in [0.1, 0.15) is 0 Å². The summed E-state index contributed by atoms with van der Waals surface area (Å²) >= 11 is 10.9. The summed E-state index contributed by atoms with van der Waals surface area (Å²) in [6.07, 6.45) is 7.27. The third-order valence-electron chi connectivity index (χ3n) is 4.05. The first kappa shape index (κ1) is 34.2. The summed E-state index contributed by atoms with van der Waals surface area (Å²) in [5, 5.41) is 0. The first-order valence-corrected chi connectivity index (χ1v) is 17.8. The van der Waals surface area contributed by atoms with Crippen LogP contribution in [0.5, 0.6) is 0 Å². The minimum atomic E-state index is 0. The molecule has 4 aromatic rings. The first-order chi connectivity index (χ1) is 16.5. The minimum Gasteiger partial charge on any atom is -1.00 e. The molecule has 184 valence electrons. The molecule has 0 aliphatic rings. The van der Waals surface area contributed by atoms with Gasteiger partial charge >= 0.3 is 0 Å². The standard InChI is InChI=1S/C13H11BrNO.C8H7BrO.C5H5N.I2.HI/c14-12-6-4-5-11(9-12)13(16)10-15-7-2-1-3-8-15;1-6(10)7-3-2-4-8(9)5-7;1-2-4-6-5-3-1;1-2;/h1-9H,10H2;2-5H,1H3;1-5H;;1H/q+1;;;;/p-1. The lowest BCUT2D eigenvalue weighted by Crippen LogP contribution is -3.00. The van der Waals surface area contributed by atoms with Crippen LogP contribution < -0.4 is 28.5 Å². The van der Waals surface area contributed by atoms with Gasteiger partial charge in [0.05, 0.1) is 0 Å². The minimum absolute atomic E-state index is 0. The summed E-state index contributed by atoms with van der Waals surface area (Å²) < 4.78 is 3.74. The molecule has 35 heavy (non-hydrogen) atoms. The highest BCUT2D eigenvalue weighted by Crippen LogP contribution is 2.12. The van der Waals surface area contributed by atoms with E-state index in [-0.39, 0.29) is 35.5 Å². The van der Waals surface area contributed by atoms with Crippen molar-refractivity contribution in [3.63, 3.8) is 0 Å². The maximum absolute atomic E-state index is 11.9. The predicted molar refractivity (Wildman–Crippen MR) is 162 cm³/mol. The molecule has 2 aromatic carbocycles. The predicted octanol–water partition coefficient (Wildman–Crippen LogP) is 5.13. The lowest BCUT2D eigenvalue weighted by Gasteiger charge is -1.98. The van der Waals surface area contributed by atoms with E-state index < -0.39 is 0 Å². The van der Waals surface area contributed by atoms with Crippen molar-refractivity contribution < 1.29 is 38.1 Å². The van der Waals surface area contributed by atoms with Crippen LogP contribution in [0.1, 0.15) is 27.6 Å². The van der Waals surface area contributed by atoms with Crippen LogP contribution in [0.3, 0.4) is 0 Å². The molecule has 0 saturated carbocycles. The first-order valence-electron chi connectivity index (χ1n) is 9.94. The number of carbonyl (C=O) groups is 2. The molecule has 4 nitrogen and oxygen atoms in total. The summed E-state index contributed by atoms with van der Waals surface area (Å²) in [6, 6.07) is 26.3. The Kier molecular flexibility index (Phi) is 20.9. The highest BCUT2D eigenvalue weighted by atomic mass is 128. The second-order valence-corrected chi connectivity index (χ2v) is 8.40. The van der Waals surface area contributed by atoms with E-state index in [0.29, 0.717) is 6.54 Å². The Hall–Kier alpha value is -0.770. The van der Waals surface area contributed by atoms with Gasteiger partial charge < -0.3 is 24.0 Å². The van der Waals surface area contributed by atoms with Gasteiger partial charge in [0.2, 0.25) is 12.3 Å². The van der Waals surface area contributed by atoms with Crippen LogP contribution in [0.25, 0.3) is 0 Å². The second kappa shape index (κ2) is 21.3. The molecule has 0 spiro atoms. The number of halogens is 5. The Morgan fingerprint density at radius 2 is 1.26 bits per heavy atom. The molecule has 2 heterocycles. The molecule has 2 aromatic heterocycles. The highest BCUT2D eigenvalue weighted by molar-refractivity contribution is 15.0. The van der Waals surface area contributed by atoms with Crippen LogP contribution in [-0.4, -0.2) is 16.6 Å². The second-order valence-electron chi connectivity index (χ2n) is 6.57. The summed E-state index contributed by atoms with van der Waals surface area (Å²) in [5.74, 6) is 0.207. The maximum Gasteiger partial charge on any atom is 0.227 e. The zero-order chi connectivity index (χ0) is 25.2. The number of Topliss-reactive ketones (excluding diaryl/α,β-unsaturated/α-hetero) is 2. The fraction of sp³-hybridized carbons (Fsp3) is 0.0769. The molecule has 0 aliphatic carbocycles. The van der Waals surface area contributed by atoms with Crippen LogP contribution in [0, 0.1) is 0 Å². The van der Waals surface area contributed by atoms with E-state index in [2.05, 4.69) is 74.1 Å². The van der Waals surface area contributed by atoms with Crippen molar-refractivity contribution in [2.75, 3.05) is 0 Å². The average Bonchev–Trinajstić information content (AvgIpc) is 2.88. The van der Waals surface area contributed by atoms with Gasteiger partial charge in [-0.25, -0.2) is 0 Å². The number of aromatic nitrogens is 2. The number of pyridine rings is 2. The molecule has 0 aliphatic heterocycles. The summed E-state index contributed by atoms with van der Waals surface area (Å²) in [5.41, 5.74) is 1.47. The molecule has 0 unspecified atom stereocenters. The monoisotopic (exact) mass is 934 g/mol. The van der Waals surface area contributed by atoms with Gasteiger partial charge in [-0.1, -0.05) is 68.3 Å². The van der Waals surface area contributed by atoms with Crippen LogP contribution in [0.2, 0.25) is 0 Å². The number of hydrogen-bond acceptors (Lipinski definition) is 3. The lowest BCUT2D eigenvalue weighted by molar-refractivity contribution is -0.683. The molecule has 0 amide bonds. The van der Waals surface area contributed by atoms with E-state index in [1.54, 1.807) is 25.4 Å². The summed E-state index contributed by atoms with van der Waals surface area (Å²) in [7, 11) is 0. The Labute approximate surface area is 263 Å². The Balaban J connectivity index is 0.000000521. The number of hydrogen-bond donors (Lipinski definition) is 0. The van der Waals surface area contributed by atoms with Gasteiger partial charge in [0.15, 0.2) is 18.2 Å². The molecule has 0 N–H and O–H groups in total. The van der Waals surface area contributed by atoms with Gasteiger partial charge in [-0.3, -0.25) is 14.6 Å². The Bertz CT molecular complexity index is 1110. The molecule has 4 rings (SSSR count). The molecule has 0 fully saturated rings. The highest BCUT2D eigenvalue weighted by Gasteiger charge is 2.11. The molecular weight excluding hydrogens is 913 g/mol. The number of ketones is 2. The van der Waals surface area contributed by atoms with Gasteiger partial charge in [0.25, 0.3) is 0 Å². The lowest BCUT2D eigenvalue weighted by atomic mass is 10.1. The van der Waals surface area contributed by atoms with Crippen LogP contribution in [-0.2, 0) is 6.54 Å². The molecule has 0 bridgehead atoms. The van der Waals surface area contributed by atoms with Crippen molar-refractivity contribution >= 4 is 80.7 Å². The van der Waals surface area contributed by atoms with E-state index in [1.807, 2.05) is 95.8 Å². The molecule has 9 heteroatoms. The number of nitrogens with zero attached hydrogens (tertiary/aromatic N) is 2. The van der Waals surface area contributed by atoms with Crippen molar-refractivity contribution in [1.82, 2.24) is 4.98 Å². The number of benzene rings is 2. The van der Waals surface area contributed by atoms with Crippen LogP contribution in [0.4, 0.5) is 0 Å². The average molecular weight is 936 g/mol. The van der Waals surface area contributed by atoms with Crippen molar-refractivity contribution in [2.24, 2.45) is 0 Å². The zero-order valence-corrected chi connectivity index (χ0v) is 28.3. The maximum atomic E-state index is 11.9. The van der Waals surface area contributed by atoms with Crippen LogP contribution >= 0.6 is 69.1 Å². The van der Waals surface area contributed by atoms with Crippen LogP contribution in [0.15, 0.2) is 119 Å². The number of carbonyl (C=O) groups excluding carboxylic acids is 2. The molecule has 0 atom stereocenters. The van der Waals surface area contributed by atoms with E-state index >= 15 is 0 Å². The van der Waals surface area contributed by atoms with E-state index in [1.165, 1.54) is 0 Å². The largest absolute Gasteiger partial charge is 1.00 e. The van der Waals surface area contributed by atoms with E-state index in [9.17, 15) is 9.59 Å². The van der Waals surface area contributed by atoms with Gasteiger partial charge in [-0.15, -0.1) is 0 Å². The Morgan fingerprint density at radius 1 is 0.771 bits per heavy atom. The molecular formula is C26H23Br2I3N2O2. The third-order valence-corrected chi connectivity index (χ3v) is 5.03. The smallest absolute Gasteiger partial charge is 0.227 e. The zero-order valence-electron chi connectivity index (χ0n) is 18.7. The van der Waals surface area contributed by atoms with E-state index in [4.69, 9.17) is 0 Å². The van der Waals surface area contributed by atoms with E-state index in [0.717, 1.165) is 20.1 Å². The summed E-state index contributed by atoms with van der Waals surface area (Å²) in [4.78, 5) is 26.5. The fourth-order valence-electron chi connectivity index (χ4n) is 2.48. The third kappa shape index (κ3) is 15.8. The van der Waals surface area contributed by atoms with Gasteiger partial charge in [0, 0.05) is 81.8 Å². The normalized spacial score (nSPS) is 8.83. The quantitative estimate of drug-likeness (QED) is 0.162. The summed E-state index contributed by atoms with van der Waals surface area (Å²) in [6.45, 7) is 1.93. The molecule has 0 saturated heterocycles. The van der Waals surface area contributed by atoms with Crippen molar-refractivity contribution in [2.45, 2.75) is 13.5 Å². The number of rotatable bonds is 4. The van der Waals surface area contributed by atoms with Gasteiger partial charge in [-0.2, -0.15) is 4.57 Å². The van der Waals surface area contributed by atoms with Crippen molar-refractivity contribution in [3.8, 4) is 0 Å².